The lowest BCUT2D eigenvalue weighted by Gasteiger charge is -2.10. The molecule has 0 radical (unpaired) electrons. The number of rotatable bonds is 6. The zero-order valence-corrected chi connectivity index (χ0v) is 13.1. The van der Waals surface area contributed by atoms with Crippen molar-refractivity contribution < 1.29 is 13.5 Å². The molecule has 1 atom stereocenters. The molecule has 1 aromatic heterocycles. The molecule has 4 nitrogen and oxygen atoms in total. The van der Waals surface area contributed by atoms with E-state index in [-0.39, 0.29) is 16.7 Å². The zero-order chi connectivity index (χ0) is 13.1. The fourth-order valence-corrected chi connectivity index (χ4v) is 4.71. The van der Waals surface area contributed by atoms with Gasteiger partial charge in [-0.2, -0.15) is 0 Å². The van der Waals surface area contributed by atoms with Crippen LogP contribution in [0.15, 0.2) is 14.1 Å². The number of hydrogen-bond donors (Lipinski definition) is 2. The number of thiophene rings is 1. The van der Waals surface area contributed by atoms with Crippen molar-refractivity contribution >= 4 is 48.9 Å². The number of aliphatic hydroxyl groups excluding tert-OH is 1. The zero-order valence-electron chi connectivity index (χ0n) is 9.11. The van der Waals surface area contributed by atoms with Crippen molar-refractivity contribution in [2.45, 2.75) is 17.6 Å². The highest BCUT2D eigenvalue weighted by molar-refractivity contribution is 9.11. The second kappa shape index (κ2) is 6.49. The van der Waals surface area contributed by atoms with Crippen LogP contribution in [0.25, 0.3) is 0 Å². The number of nitrogens with one attached hydrogen (secondary N) is 1. The van der Waals surface area contributed by atoms with Crippen molar-refractivity contribution in [2.75, 3.05) is 13.2 Å². The summed E-state index contributed by atoms with van der Waals surface area (Å²) in [6, 6.07) is 1.41. The second-order valence-corrected chi connectivity index (χ2v) is 8.43. The maximum Gasteiger partial charge on any atom is 0.250 e. The first-order valence-corrected chi connectivity index (χ1v) is 8.39. The van der Waals surface area contributed by atoms with Gasteiger partial charge in [-0.05, 0) is 34.3 Å². The van der Waals surface area contributed by atoms with Gasteiger partial charge in [-0.1, -0.05) is 18.5 Å². The maximum absolute atomic E-state index is 11.9. The molecule has 8 heteroatoms. The molecule has 1 heterocycles. The Bertz CT molecular complexity index is 455. The summed E-state index contributed by atoms with van der Waals surface area (Å²) in [5.74, 6) is 0.0913. The number of sulfonamides is 1. The molecule has 0 aromatic carbocycles. The molecule has 17 heavy (non-hydrogen) atoms. The van der Waals surface area contributed by atoms with Crippen LogP contribution in [0.1, 0.15) is 13.3 Å². The van der Waals surface area contributed by atoms with E-state index in [0.717, 1.165) is 11.3 Å². The van der Waals surface area contributed by atoms with Crippen LogP contribution in [-0.2, 0) is 10.0 Å². The third-order valence-corrected chi connectivity index (χ3v) is 6.50. The Labute approximate surface area is 118 Å². The van der Waals surface area contributed by atoms with Crippen molar-refractivity contribution in [3.8, 4) is 0 Å². The van der Waals surface area contributed by atoms with E-state index in [4.69, 9.17) is 16.7 Å². The highest BCUT2D eigenvalue weighted by Crippen LogP contribution is 2.34. The maximum atomic E-state index is 11.9. The second-order valence-electron chi connectivity index (χ2n) is 3.66. The lowest BCUT2D eigenvalue weighted by molar-refractivity contribution is 0.263. The Morgan fingerprint density at radius 2 is 2.29 bits per heavy atom. The fourth-order valence-electron chi connectivity index (χ4n) is 1.10. The highest BCUT2D eigenvalue weighted by Gasteiger charge is 2.19. The van der Waals surface area contributed by atoms with E-state index >= 15 is 0 Å². The monoisotopic (exact) mass is 361 g/mol. The van der Waals surface area contributed by atoms with Gasteiger partial charge in [-0.25, -0.2) is 13.1 Å². The molecule has 0 spiro atoms. The number of halogens is 2. The Balaban J connectivity index is 2.69. The molecule has 2 N–H and O–H groups in total. The van der Waals surface area contributed by atoms with E-state index in [0.29, 0.717) is 21.8 Å². The Hall–Kier alpha value is 0.340. The van der Waals surface area contributed by atoms with E-state index in [1.807, 2.05) is 6.92 Å². The lowest BCUT2D eigenvalue weighted by atomic mass is 10.1. The normalized spacial score (nSPS) is 13.9. The topological polar surface area (TPSA) is 66.4 Å². The fraction of sp³-hybridized carbons (Fsp3) is 0.556. The van der Waals surface area contributed by atoms with E-state index in [2.05, 4.69) is 20.7 Å². The van der Waals surface area contributed by atoms with Crippen LogP contribution in [0.5, 0.6) is 0 Å². The van der Waals surface area contributed by atoms with Crippen molar-refractivity contribution in [1.29, 1.82) is 0 Å². The molecule has 1 rings (SSSR count). The molecule has 0 bridgehead atoms. The van der Waals surface area contributed by atoms with Crippen LogP contribution in [0.2, 0.25) is 5.02 Å². The van der Waals surface area contributed by atoms with Crippen LogP contribution < -0.4 is 4.72 Å². The third kappa shape index (κ3) is 4.50. The average Bonchev–Trinajstić information content (AvgIpc) is 2.58. The van der Waals surface area contributed by atoms with Crippen LogP contribution >= 0.6 is 38.9 Å². The van der Waals surface area contributed by atoms with Crippen molar-refractivity contribution in [2.24, 2.45) is 5.92 Å². The summed E-state index contributed by atoms with van der Waals surface area (Å²) in [6.07, 6.45) is 0.567. The lowest BCUT2D eigenvalue weighted by Crippen LogP contribution is -2.28. The predicted molar refractivity (Wildman–Crippen MR) is 73.1 cm³/mol. The van der Waals surface area contributed by atoms with Crippen molar-refractivity contribution in [1.82, 2.24) is 4.72 Å². The van der Waals surface area contributed by atoms with Gasteiger partial charge in [0.05, 0.1) is 8.81 Å². The van der Waals surface area contributed by atoms with Gasteiger partial charge in [-0.15, -0.1) is 11.3 Å². The van der Waals surface area contributed by atoms with E-state index < -0.39 is 10.0 Å². The van der Waals surface area contributed by atoms with Gasteiger partial charge in [0, 0.05) is 13.2 Å². The SMILES string of the molecule is CC(CCO)CNS(=O)(=O)c1cc(Cl)c(Br)s1. The molecule has 0 saturated carbocycles. The molecule has 98 valence electrons. The first-order chi connectivity index (χ1) is 7.86. The van der Waals surface area contributed by atoms with Gasteiger partial charge in [0.15, 0.2) is 0 Å². The summed E-state index contributed by atoms with van der Waals surface area (Å²) in [4.78, 5) is 0. The minimum absolute atomic E-state index is 0.0548. The molecular weight excluding hydrogens is 350 g/mol. The summed E-state index contributed by atoms with van der Waals surface area (Å²) in [5.41, 5.74) is 0. The quantitative estimate of drug-likeness (QED) is 0.817. The number of aliphatic hydroxyl groups is 1. The van der Waals surface area contributed by atoms with Crippen LogP contribution in [0.3, 0.4) is 0 Å². The smallest absolute Gasteiger partial charge is 0.250 e. The first kappa shape index (κ1) is 15.4. The molecule has 0 aliphatic carbocycles. The Morgan fingerprint density at radius 1 is 1.65 bits per heavy atom. The highest BCUT2D eigenvalue weighted by atomic mass is 79.9. The van der Waals surface area contributed by atoms with Crippen LogP contribution in [0, 0.1) is 5.92 Å². The van der Waals surface area contributed by atoms with E-state index in [1.54, 1.807) is 0 Å². The summed E-state index contributed by atoms with van der Waals surface area (Å²) < 4.78 is 27.0. The predicted octanol–water partition coefficient (Wildman–Crippen LogP) is 2.46. The Kier molecular flexibility index (Phi) is 5.88. The molecule has 0 fully saturated rings. The van der Waals surface area contributed by atoms with Gasteiger partial charge in [0.2, 0.25) is 10.0 Å². The third-order valence-electron chi connectivity index (χ3n) is 2.13. The summed E-state index contributed by atoms with van der Waals surface area (Å²) >= 11 is 10.0. The molecule has 1 aromatic rings. The van der Waals surface area contributed by atoms with E-state index in [9.17, 15) is 8.42 Å². The van der Waals surface area contributed by atoms with E-state index in [1.165, 1.54) is 6.07 Å². The Morgan fingerprint density at radius 3 is 2.76 bits per heavy atom. The van der Waals surface area contributed by atoms with Gasteiger partial charge in [-0.3, -0.25) is 0 Å². The number of hydrogen-bond acceptors (Lipinski definition) is 4. The van der Waals surface area contributed by atoms with Gasteiger partial charge in [0.1, 0.15) is 4.21 Å². The van der Waals surface area contributed by atoms with Gasteiger partial charge < -0.3 is 5.11 Å². The molecule has 0 aliphatic rings. The first-order valence-electron chi connectivity index (χ1n) is 4.92. The molecule has 0 aliphatic heterocycles. The van der Waals surface area contributed by atoms with Crippen molar-refractivity contribution in [3.63, 3.8) is 0 Å². The summed E-state index contributed by atoms with van der Waals surface area (Å²) in [7, 11) is -3.50. The average molecular weight is 363 g/mol. The van der Waals surface area contributed by atoms with Gasteiger partial charge in [0.25, 0.3) is 0 Å². The molecule has 1 unspecified atom stereocenters. The summed E-state index contributed by atoms with van der Waals surface area (Å²) in [6.45, 7) is 2.23. The molecule has 0 saturated heterocycles. The summed E-state index contributed by atoms with van der Waals surface area (Å²) in [5, 5.41) is 9.11. The van der Waals surface area contributed by atoms with Crippen LogP contribution in [-0.4, -0.2) is 26.7 Å². The van der Waals surface area contributed by atoms with Gasteiger partial charge >= 0.3 is 0 Å². The minimum Gasteiger partial charge on any atom is -0.396 e. The van der Waals surface area contributed by atoms with Crippen molar-refractivity contribution in [3.05, 3.63) is 14.9 Å². The largest absolute Gasteiger partial charge is 0.396 e. The molecule has 0 amide bonds. The minimum atomic E-state index is -3.50. The standard InChI is InChI=1S/C9H13BrClNO3S2/c1-6(2-3-13)5-12-17(14,15)8-4-7(11)9(10)16-8/h4,6,12-13H,2-3,5H2,1H3. The molecular formula is C9H13BrClNO3S2. The van der Waals surface area contributed by atoms with Crippen LogP contribution in [0.4, 0.5) is 0 Å².